The summed E-state index contributed by atoms with van der Waals surface area (Å²) in [6.07, 6.45) is 0. The predicted octanol–water partition coefficient (Wildman–Crippen LogP) is 2.67. The van der Waals surface area contributed by atoms with E-state index in [2.05, 4.69) is 0 Å². The number of hydrogen-bond donors (Lipinski definition) is 1. The Hall–Kier alpha value is -2.69. The summed E-state index contributed by atoms with van der Waals surface area (Å²) < 4.78 is 16.1. The van der Waals surface area contributed by atoms with Crippen molar-refractivity contribution in [3.05, 3.63) is 40.6 Å². The topological polar surface area (TPSA) is 68.9 Å². The maximum absolute atomic E-state index is 12.6. The molecule has 0 amide bonds. The molecule has 3 aromatic rings. The lowest BCUT2D eigenvalue weighted by molar-refractivity contribution is 0.358. The van der Waals surface area contributed by atoms with Crippen LogP contribution >= 0.6 is 0 Å². The van der Waals surface area contributed by atoms with Gasteiger partial charge in [-0.15, -0.1) is 0 Å². The minimum atomic E-state index is -0.352. The van der Waals surface area contributed by atoms with Crippen LogP contribution in [0.4, 0.5) is 0 Å². The van der Waals surface area contributed by atoms with Gasteiger partial charge in [0.15, 0.2) is 11.5 Å². The summed E-state index contributed by atoms with van der Waals surface area (Å²) >= 11 is 0. The zero-order valence-corrected chi connectivity index (χ0v) is 11.0. The van der Waals surface area contributed by atoms with Gasteiger partial charge in [0.2, 0.25) is 5.43 Å². The zero-order chi connectivity index (χ0) is 14.3. The van der Waals surface area contributed by atoms with Crippen molar-refractivity contribution >= 4 is 21.9 Å². The van der Waals surface area contributed by atoms with Gasteiger partial charge in [0, 0.05) is 0 Å². The number of aromatic hydroxyl groups is 1. The second-order valence-electron chi connectivity index (χ2n) is 4.26. The molecule has 0 atom stereocenters. The first kappa shape index (κ1) is 12.3. The molecule has 0 saturated carbocycles. The lowest BCUT2D eigenvalue weighted by Crippen LogP contribution is -2.05. The van der Waals surface area contributed by atoms with Crippen LogP contribution < -0.4 is 14.9 Å². The van der Waals surface area contributed by atoms with E-state index in [1.807, 2.05) is 0 Å². The highest BCUT2D eigenvalue weighted by Crippen LogP contribution is 2.35. The molecule has 0 fully saturated rings. The van der Waals surface area contributed by atoms with Crippen molar-refractivity contribution in [2.45, 2.75) is 0 Å². The molecule has 0 spiro atoms. The fraction of sp³-hybridized carbons (Fsp3) is 0.133. The van der Waals surface area contributed by atoms with Crippen molar-refractivity contribution in [1.29, 1.82) is 0 Å². The Morgan fingerprint density at radius 1 is 1.00 bits per heavy atom. The second kappa shape index (κ2) is 4.45. The van der Waals surface area contributed by atoms with E-state index in [1.54, 1.807) is 24.3 Å². The van der Waals surface area contributed by atoms with Crippen molar-refractivity contribution in [1.82, 2.24) is 0 Å². The monoisotopic (exact) mass is 272 g/mol. The number of rotatable bonds is 2. The summed E-state index contributed by atoms with van der Waals surface area (Å²) in [6, 6.07) is 8.00. The molecule has 1 aromatic heterocycles. The number of hydrogen-bond acceptors (Lipinski definition) is 5. The Bertz CT molecular complexity index is 863. The maximum Gasteiger partial charge on any atom is 0.208 e. The third-order valence-corrected chi connectivity index (χ3v) is 3.19. The standard InChI is InChI=1S/C15H12O5/c1-18-11-7-6-10-13(15(11)19-2)14(17)12-8(16)4-3-5-9(12)20-10/h3-7,16H,1-2H3. The van der Waals surface area contributed by atoms with Gasteiger partial charge in [-0.25, -0.2) is 0 Å². The molecule has 0 aliphatic carbocycles. The molecule has 0 aliphatic rings. The van der Waals surface area contributed by atoms with Gasteiger partial charge >= 0.3 is 0 Å². The fourth-order valence-corrected chi connectivity index (χ4v) is 2.29. The average molecular weight is 272 g/mol. The van der Waals surface area contributed by atoms with E-state index < -0.39 is 0 Å². The molecule has 5 nitrogen and oxygen atoms in total. The van der Waals surface area contributed by atoms with Crippen LogP contribution in [0.3, 0.4) is 0 Å². The SMILES string of the molecule is COc1ccc2oc3cccc(O)c3c(=O)c2c1OC. The smallest absolute Gasteiger partial charge is 0.208 e. The van der Waals surface area contributed by atoms with Crippen LogP contribution in [0.15, 0.2) is 39.5 Å². The highest BCUT2D eigenvalue weighted by atomic mass is 16.5. The number of phenolic OH excluding ortho intramolecular Hbond substituents is 1. The first-order valence-corrected chi connectivity index (χ1v) is 5.97. The van der Waals surface area contributed by atoms with E-state index in [9.17, 15) is 9.90 Å². The third-order valence-electron chi connectivity index (χ3n) is 3.19. The number of phenols is 1. The van der Waals surface area contributed by atoms with E-state index in [4.69, 9.17) is 13.9 Å². The lowest BCUT2D eigenvalue weighted by atomic mass is 10.1. The summed E-state index contributed by atoms with van der Waals surface area (Å²) in [5.41, 5.74) is 0.357. The molecule has 0 unspecified atom stereocenters. The Morgan fingerprint density at radius 3 is 2.45 bits per heavy atom. The molecule has 1 N–H and O–H groups in total. The number of ether oxygens (including phenoxy) is 2. The summed E-state index contributed by atoms with van der Waals surface area (Å²) in [5, 5.41) is 10.3. The molecule has 1 heterocycles. The molecule has 0 saturated heterocycles. The van der Waals surface area contributed by atoms with Crippen molar-refractivity contribution in [3.8, 4) is 17.2 Å². The van der Waals surface area contributed by atoms with Crippen LogP contribution in [0, 0.1) is 0 Å². The largest absolute Gasteiger partial charge is 0.507 e. The molecule has 0 bridgehead atoms. The van der Waals surface area contributed by atoms with Gasteiger partial charge in [-0.05, 0) is 24.3 Å². The molecule has 20 heavy (non-hydrogen) atoms. The van der Waals surface area contributed by atoms with Gasteiger partial charge < -0.3 is 19.0 Å². The Kier molecular flexibility index (Phi) is 2.75. The van der Waals surface area contributed by atoms with Crippen LogP contribution in [0.5, 0.6) is 17.2 Å². The van der Waals surface area contributed by atoms with Crippen molar-refractivity contribution < 1.29 is 19.0 Å². The number of benzene rings is 2. The van der Waals surface area contributed by atoms with Gasteiger partial charge in [-0.3, -0.25) is 4.79 Å². The van der Waals surface area contributed by atoms with Gasteiger partial charge in [-0.1, -0.05) is 6.07 Å². The number of fused-ring (bicyclic) bond motifs is 2. The van der Waals surface area contributed by atoms with Gasteiger partial charge in [0.1, 0.15) is 27.7 Å². The summed E-state index contributed by atoms with van der Waals surface area (Å²) in [6.45, 7) is 0. The lowest BCUT2D eigenvalue weighted by Gasteiger charge is -2.10. The number of methoxy groups -OCH3 is 2. The van der Waals surface area contributed by atoms with E-state index in [1.165, 1.54) is 20.3 Å². The highest BCUT2D eigenvalue weighted by molar-refractivity contribution is 5.96. The van der Waals surface area contributed by atoms with Crippen molar-refractivity contribution in [3.63, 3.8) is 0 Å². The van der Waals surface area contributed by atoms with E-state index in [0.717, 1.165) is 0 Å². The van der Waals surface area contributed by atoms with Crippen molar-refractivity contribution in [2.24, 2.45) is 0 Å². The van der Waals surface area contributed by atoms with Crippen LogP contribution in [0.2, 0.25) is 0 Å². The van der Waals surface area contributed by atoms with Crippen LogP contribution in [-0.4, -0.2) is 19.3 Å². The van der Waals surface area contributed by atoms with Gasteiger partial charge in [-0.2, -0.15) is 0 Å². The van der Waals surface area contributed by atoms with E-state index in [0.29, 0.717) is 22.7 Å². The first-order valence-electron chi connectivity index (χ1n) is 5.97. The molecule has 2 aromatic carbocycles. The predicted molar refractivity (Wildman–Crippen MR) is 74.8 cm³/mol. The molecule has 5 heteroatoms. The second-order valence-corrected chi connectivity index (χ2v) is 4.26. The molecule has 102 valence electrons. The van der Waals surface area contributed by atoms with Crippen molar-refractivity contribution in [2.75, 3.05) is 14.2 Å². The third kappa shape index (κ3) is 1.60. The summed E-state index contributed by atoms with van der Waals surface area (Å²) in [5.74, 6) is 0.606. The van der Waals surface area contributed by atoms with E-state index >= 15 is 0 Å². The average Bonchev–Trinajstić information content (AvgIpc) is 2.46. The van der Waals surface area contributed by atoms with Gasteiger partial charge in [0.25, 0.3) is 0 Å². The minimum absolute atomic E-state index is 0.122. The van der Waals surface area contributed by atoms with Crippen LogP contribution in [0.1, 0.15) is 0 Å². The minimum Gasteiger partial charge on any atom is -0.507 e. The Balaban J connectivity index is 2.59. The molecule has 3 rings (SSSR count). The van der Waals surface area contributed by atoms with Gasteiger partial charge in [0.05, 0.1) is 14.2 Å². The molecule has 0 aliphatic heterocycles. The quantitative estimate of drug-likeness (QED) is 0.726. The molecular weight excluding hydrogens is 260 g/mol. The maximum atomic E-state index is 12.6. The zero-order valence-electron chi connectivity index (χ0n) is 11.0. The summed E-state index contributed by atoms with van der Waals surface area (Å²) in [7, 11) is 2.94. The van der Waals surface area contributed by atoms with Crippen LogP contribution in [0.25, 0.3) is 21.9 Å². The van der Waals surface area contributed by atoms with E-state index in [-0.39, 0.29) is 22.0 Å². The molecular formula is C15H12O5. The normalized spacial score (nSPS) is 10.9. The fourth-order valence-electron chi connectivity index (χ4n) is 2.29. The Labute approximate surface area is 114 Å². The Morgan fingerprint density at radius 2 is 1.75 bits per heavy atom. The first-order chi connectivity index (χ1) is 9.67. The summed E-state index contributed by atoms with van der Waals surface area (Å²) in [4.78, 5) is 12.6. The molecule has 0 radical (unpaired) electrons. The highest BCUT2D eigenvalue weighted by Gasteiger charge is 2.17. The van der Waals surface area contributed by atoms with Crippen LogP contribution in [-0.2, 0) is 0 Å².